The van der Waals surface area contributed by atoms with Crippen molar-refractivity contribution in [2.45, 2.75) is 45.3 Å². The number of amides is 1. The van der Waals surface area contributed by atoms with Crippen LogP contribution in [0.4, 0.5) is 0 Å². The van der Waals surface area contributed by atoms with Gasteiger partial charge in [-0.3, -0.25) is 9.69 Å². The van der Waals surface area contributed by atoms with Crippen molar-refractivity contribution in [1.29, 1.82) is 0 Å². The third-order valence-corrected chi connectivity index (χ3v) is 3.76. The molecule has 1 aliphatic heterocycles. The molecule has 0 radical (unpaired) electrons. The lowest BCUT2D eigenvalue weighted by molar-refractivity contribution is -0.120. The number of nitrogens with zero attached hydrogens (tertiary/aromatic N) is 1. The molecule has 1 aromatic carbocycles. The minimum absolute atomic E-state index is 0.0881. The number of piperidine rings is 1. The van der Waals surface area contributed by atoms with E-state index >= 15 is 0 Å². The molecular formula is C17H27N3O. The Balaban J connectivity index is 1.74. The van der Waals surface area contributed by atoms with Crippen LogP contribution in [-0.2, 0) is 11.3 Å². The molecule has 1 amide bonds. The Morgan fingerprint density at radius 2 is 2.10 bits per heavy atom. The molecule has 1 fully saturated rings. The highest BCUT2D eigenvalue weighted by Gasteiger charge is 2.20. The third kappa shape index (κ3) is 5.86. The molecule has 21 heavy (non-hydrogen) atoms. The average molecular weight is 289 g/mol. The van der Waals surface area contributed by atoms with Crippen molar-refractivity contribution in [3.8, 4) is 0 Å². The zero-order valence-electron chi connectivity index (χ0n) is 13.1. The van der Waals surface area contributed by atoms with Gasteiger partial charge in [-0.1, -0.05) is 30.3 Å². The van der Waals surface area contributed by atoms with Crippen LogP contribution in [-0.4, -0.2) is 42.5 Å². The first kappa shape index (κ1) is 16.0. The Morgan fingerprint density at radius 3 is 2.81 bits per heavy atom. The molecule has 1 aliphatic rings. The maximum Gasteiger partial charge on any atom is 0.234 e. The van der Waals surface area contributed by atoms with Crippen LogP contribution in [0.15, 0.2) is 30.3 Å². The number of rotatable bonds is 6. The van der Waals surface area contributed by atoms with E-state index in [0.717, 1.165) is 26.1 Å². The number of benzene rings is 1. The second-order valence-corrected chi connectivity index (χ2v) is 6.16. The summed E-state index contributed by atoms with van der Waals surface area (Å²) < 4.78 is 0. The standard InChI is InChI=1S/C17H27N3O/c1-14(2)19-17(21)11-18-16-9-6-10-20(13-16)12-15-7-4-3-5-8-15/h3-5,7-8,14,16,18H,6,9-13H2,1-2H3,(H,19,21). The number of carbonyl (C=O) groups excluding carboxylic acids is 1. The first-order chi connectivity index (χ1) is 10.1. The number of likely N-dealkylation sites (tertiary alicyclic amines) is 1. The molecule has 0 saturated carbocycles. The van der Waals surface area contributed by atoms with E-state index < -0.39 is 0 Å². The summed E-state index contributed by atoms with van der Waals surface area (Å²) in [4.78, 5) is 14.2. The Kier molecular flexibility index (Phi) is 6.21. The van der Waals surface area contributed by atoms with E-state index in [1.807, 2.05) is 13.8 Å². The van der Waals surface area contributed by atoms with Gasteiger partial charge in [0.15, 0.2) is 0 Å². The van der Waals surface area contributed by atoms with E-state index in [1.54, 1.807) is 0 Å². The molecule has 1 unspecified atom stereocenters. The van der Waals surface area contributed by atoms with Crippen LogP contribution in [0, 0.1) is 0 Å². The topological polar surface area (TPSA) is 44.4 Å². The average Bonchev–Trinajstić information content (AvgIpc) is 2.46. The minimum Gasteiger partial charge on any atom is -0.353 e. The highest BCUT2D eigenvalue weighted by molar-refractivity contribution is 5.78. The van der Waals surface area contributed by atoms with Gasteiger partial charge in [-0.15, -0.1) is 0 Å². The molecule has 0 aromatic heterocycles. The minimum atomic E-state index is 0.0881. The first-order valence-corrected chi connectivity index (χ1v) is 7.92. The van der Waals surface area contributed by atoms with Crippen molar-refractivity contribution in [3.63, 3.8) is 0 Å². The lowest BCUT2D eigenvalue weighted by Gasteiger charge is -2.33. The fraction of sp³-hybridized carbons (Fsp3) is 0.588. The van der Waals surface area contributed by atoms with Gasteiger partial charge in [0.25, 0.3) is 0 Å². The van der Waals surface area contributed by atoms with Crippen molar-refractivity contribution in [2.24, 2.45) is 0 Å². The van der Waals surface area contributed by atoms with Gasteiger partial charge < -0.3 is 10.6 Å². The van der Waals surface area contributed by atoms with E-state index in [-0.39, 0.29) is 11.9 Å². The monoisotopic (exact) mass is 289 g/mol. The summed E-state index contributed by atoms with van der Waals surface area (Å²) in [7, 11) is 0. The van der Waals surface area contributed by atoms with E-state index in [9.17, 15) is 4.79 Å². The van der Waals surface area contributed by atoms with Gasteiger partial charge >= 0.3 is 0 Å². The molecule has 1 aromatic rings. The lowest BCUT2D eigenvalue weighted by atomic mass is 10.0. The zero-order valence-corrected chi connectivity index (χ0v) is 13.1. The summed E-state index contributed by atoms with van der Waals surface area (Å²) in [5, 5.41) is 6.31. The molecule has 4 nitrogen and oxygen atoms in total. The summed E-state index contributed by atoms with van der Waals surface area (Å²) >= 11 is 0. The normalized spacial score (nSPS) is 19.7. The SMILES string of the molecule is CC(C)NC(=O)CNC1CCCN(Cc2ccccc2)C1. The highest BCUT2D eigenvalue weighted by atomic mass is 16.1. The van der Waals surface area contributed by atoms with Gasteiger partial charge in [0.1, 0.15) is 0 Å². The maximum atomic E-state index is 11.7. The molecule has 0 aliphatic carbocycles. The molecule has 1 heterocycles. The summed E-state index contributed by atoms with van der Waals surface area (Å²) in [6.45, 7) is 7.55. The summed E-state index contributed by atoms with van der Waals surface area (Å²) in [5.74, 6) is 0.0881. The van der Waals surface area contributed by atoms with Crippen LogP contribution in [0.2, 0.25) is 0 Å². The van der Waals surface area contributed by atoms with Crippen LogP contribution in [0.5, 0.6) is 0 Å². The zero-order chi connectivity index (χ0) is 15.1. The molecule has 116 valence electrons. The second kappa shape index (κ2) is 8.15. The van der Waals surface area contributed by atoms with Crippen molar-refractivity contribution in [2.75, 3.05) is 19.6 Å². The number of hydrogen-bond donors (Lipinski definition) is 2. The van der Waals surface area contributed by atoms with Gasteiger partial charge in [0, 0.05) is 25.2 Å². The molecule has 2 N–H and O–H groups in total. The van der Waals surface area contributed by atoms with Gasteiger partial charge in [-0.05, 0) is 38.8 Å². The van der Waals surface area contributed by atoms with Crippen molar-refractivity contribution in [1.82, 2.24) is 15.5 Å². The maximum absolute atomic E-state index is 11.7. The van der Waals surface area contributed by atoms with Crippen LogP contribution in [0.3, 0.4) is 0 Å². The number of carbonyl (C=O) groups is 1. The van der Waals surface area contributed by atoms with Crippen LogP contribution >= 0.6 is 0 Å². The molecule has 4 heteroatoms. The van der Waals surface area contributed by atoms with Crippen LogP contribution < -0.4 is 10.6 Å². The number of nitrogens with one attached hydrogen (secondary N) is 2. The molecule has 0 spiro atoms. The summed E-state index contributed by atoms with van der Waals surface area (Å²) in [6, 6.07) is 11.2. The first-order valence-electron chi connectivity index (χ1n) is 7.92. The Hall–Kier alpha value is -1.39. The fourth-order valence-electron chi connectivity index (χ4n) is 2.82. The Labute approximate surface area is 127 Å². The van der Waals surface area contributed by atoms with E-state index in [2.05, 4.69) is 45.9 Å². The molecule has 1 saturated heterocycles. The quantitative estimate of drug-likeness (QED) is 0.839. The predicted molar refractivity (Wildman–Crippen MR) is 86.0 cm³/mol. The molecule has 2 rings (SSSR count). The van der Waals surface area contributed by atoms with E-state index in [0.29, 0.717) is 12.6 Å². The summed E-state index contributed by atoms with van der Waals surface area (Å²) in [6.07, 6.45) is 2.34. The summed E-state index contributed by atoms with van der Waals surface area (Å²) in [5.41, 5.74) is 1.36. The smallest absolute Gasteiger partial charge is 0.234 e. The Bertz CT molecular complexity index is 433. The van der Waals surface area contributed by atoms with E-state index in [1.165, 1.54) is 12.0 Å². The van der Waals surface area contributed by atoms with Crippen molar-refractivity contribution in [3.05, 3.63) is 35.9 Å². The molecular weight excluding hydrogens is 262 g/mol. The highest BCUT2D eigenvalue weighted by Crippen LogP contribution is 2.13. The fourth-order valence-corrected chi connectivity index (χ4v) is 2.82. The molecule has 1 atom stereocenters. The molecule has 0 bridgehead atoms. The third-order valence-electron chi connectivity index (χ3n) is 3.76. The predicted octanol–water partition coefficient (Wildman–Crippen LogP) is 1.77. The number of hydrogen-bond acceptors (Lipinski definition) is 3. The van der Waals surface area contributed by atoms with Crippen LogP contribution in [0.25, 0.3) is 0 Å². The lowest BCUT2D eigenvalue weighted by Crippen LogP contribution is -2.48. The van der Waals surface area contributed by atoms with E-state index in [4.69, 9.17) is 0 Å². The van der Waals surface area contributed by atoms with Gasteiger partial charge in [0.2, 0.25) is 5.91 Å². The van der Waals surface area contributed by atoms with Crippen molar-refractivity contribution >= 4 is 5.91 Å². The largest absolute Gasteiger partial charge is 0.353 e. The second-order valence-electron chi connectivity index (χ2n) is 6.16. The van der Waals surface area contributed by atoms with Crippen LogP contribution in [0.1, 0.15) is 32.3 Å². The van der Waals surface area contributed by atoms with Gasteiger partial charge in [0.05, 0.1) is 6.54 Å². The Morgan fingerprint density at radius 1 is 1.33 bits per heavy atom. The van der Waals surface area contributed by atoms with Gasteiger partial charge in [-0.25, -0.2) is 0 Å². The van der Waals surface area contributed by atoms with Crippen molar-refractivity contribution < 1.29 is 4.79 Å². The van der Waals surface area contributed by atoms with Gasteiger partial charge in [-0.2, -0.15) is 0 Å².